The van der Waals surface area contributed by atoms with Gasteiger partial charge in [-0.25, -0.2) is 0 Å². The number of nitrogens with one attached hydrogen (secondary N) is 3. The van der Waals surface area contributed by atoms with Crippen LogP contribution in [0.1, 0.15) is 18.6 Å². The molecule has 1 heterocycles. The molecule has 0 aliphatic heterocycles. The van der Waals surface area contributed by atoms with Gasteiger partial charge in [0.25, 0.3) is 0 Å². The Kier molecular flexibility index (Phi) is 10.5. The van der Waals surface area contributed by atoms with Gasteiger partial charge < -0.3 is 25.1 Å². The van der Waals surface area contributed by atoms with E-state index in [4.69, 9.17) is 9.15 Å². The molecule has 1 amide bonds. The minimum Gasteiger partial charge on any atom is -0.469 e. The Morgan fingerprint density at radius 2 is 2.04 bits per heavy atom. The van der Waals surface area contributed by atoms with Crippen LogP contribution >= 0.6 is 24.0 Å². The molecule has 0 saturated heterocycles. The molecule has 0 bridgehead atoms. The maximum absolute atomic E-state index is 11.6. The number of amides is 1. The van der Waals surface area contributed by atoms with Gasteiger partial charge in [0, 0.05) is 39.1 Å². The summed E-state index contributed by atoms with van der Waals surface area (Å²) in [5.41, 5.74) is 0. The van der Waals surface area contributed by atoms with Gasteiger partial charge in [0.1, 0.15) is 5.76 Å². The van der Waals surface area contributed by atoms with Crippen molar-refractivity contribution in [3.63, 3.8) is 0 Å². The van der Waals surface area contributed by atoms with Gasteiger partial charge in [-0.2, -0.15) is 0 Å². The van der Waals surface area contributed by atoms with Gasteiger partial charge in [-0.1, -0.05) is 0 Å². The van der Waals surface area contributed by atoms with E-state index in [2.05, 4.69) is 20.9 Å². The minimum absolute atomic E-state index is 0. The lowest BCUT2D eigenvalue weighted by Crippen LogP contribution is -2.42. The van der Waals surface area contributed by atoms with Crippen molar-refractivity contribution in [2.45, 2.75) is 19.3 Å². The number of hydrogen-bond acceptors (Lipinski definition) is 4. The summed E-state index contributed by atoms with van der Waals surface area (Å²) >= 11 is 0. The number of aliphatic imine (C=N–C) groups is 1. The predicted molar refractivity (Wildman–Crippen MR) is 104 cm³/mol. The Hall–Kier alpha value is -1.29. The molecule has 7 nitrogen and oxygen atoms in total. The summed E-state index contributed by atoms with van der Waals surface area (Å²) in [7, 11) is 1.65. The molecular formula is C16H27IN4O3. The molecule has 3 N–H and O–H groups in total. The number of furan rings is 1. The highest BCUT2D eigenvalue weighted by atomic mass is 127. The summed E-state index contributed by atoms with van der Waals surface area (Å²) in [6, 6.07) is 3.83. The van der Waals surface area contributed by atoms with E-state index < -0.39 is 0 Å². The highest BCUT2D eigenvalue weighted by Gasteiger charge is 2.28. The fourth-order valence-corrected chi connectivity index (χ4v) is 2.04. The lowest BCUT2D eigenvalue weighted by atomic mass is 10.3. The average Bonchev–Trinajstić information content (AvgIpc) is 3.28. The van der Waals surface area contributed by atoms with Crippen molar-refractivity contribution in [3.8, 4) is 0 Å². The fraction of sp³-hybridized carbons (Fsp3) is 0.625. The van der Waals surface area contributed by atoms with Crippen molar-refractivity contribution < 1.29 is 13.9 Å². The smallest absolute Gasteiger partial charge is 0.223 e. The van der Waals surface area contributed by atoms with Gasteiger partial charge >= 0.3 is 0 Å². The highest BCUT2D eigenvalue weighted by Crippen LogP contribution is 2.28. The van der Waals surface area contributed by atoms with Crippen LogP contribution in [-0.2, 0) is 16.0 Å². The first-order valence-electron chi connectivity index (χ1n) is 8.11. The SMILES string of the molecule is COCCN=C(NCCNC(=O)C1CC1)NCCc1ccco1.I. The van der Waals surface area contributed by atoms with Crippen molar-refractivity contribution in [2.24, 2.45) is 10.9 Å². The number of hydrogen-bond donors (Lipinski definition) is 3. The summed E-state index contributed by atoms with van der Waals surface area (Å²) in [6.07, 6.45) is 4.51. The van der Waals surface area contributed by atoms with Crippen molar-refractivity contribution in [1.82, 2.24) is 16.0 Å². The number of methoxy groups -OCH3 is 1. The third-order valence-electron chi connectivity index (χ3n) is 3.47. The first-order valence-corrected chi connectivity index (χ1v) is 8.11. The van der Waals surface area contributed by atoms with Gasteiger partial charge in [0.2, 0.25) is 5.91 Å². The van der Waals surface area contributed by atoms with Crippen LogP contribution in [0.15, 0.2) is 27.8 Å². The van der Waals surface area contributed by atoms with Crippen molar-refractivity contribution in [2.75, 3.05) is 39.9 Å². The normalized spacial score (nSPS) is 14.0. The number of rotatable bonds is 10. The van der Waals surface area contributed by atoms with E-state index in [-0.39, 0.29) is 35.8 Å². The molecule has 0 atom stereocenters. The molecule has 0 unspecified atom stereocenters. The molecule has 0 aromatic carbocycles. The Bertz CT molecular complexity index is 490. The van der Waals surface area contributed by atoms with E-state index in [1.807, 2.05) is 12.1 Å². The Labute approximate surface area is 160 Å². The van der Waals surface area contributed by atoms with E-state index in [0.29, 0.717) is 32.2 Å². The number of carbonyl (C=O) groups is 1. The number of guanidine groups is 1. The number of carbonyl (C=O) groups excluding carboxylic acids is 1. The minimum atomic E-state index is 0. The molecule has 0 radical (unpaired) electrons. The summed E-state index contributed by atoms with van der Waals surface area (Å²) in [5.74, 6) is 2.06. The monoisotopic (exact) mass is 450 g/mol. The molecule has 1 aliphatic carbocycles. The lowest BCUT2D eigenvalue weighted by molar-refractivity contribution is -0.122. The second-order valence-corrected chi connectivity index (χ2v) is 5.47. The number of ether oxygens (including phenoxy) is 1. The second kappa shape index (κ2) is 12.1. The predicted octanol–water partition coefficient (Wildman–Crippen LogP) is 1.15. The molecule has 1 aliphatic rings. The van der Waals surface area contributed by atoms with Crippen molar-refractivity contribution in [3.05, 3.63) is 24.2 Å². The van der Waals surface area contributed by atoms with Crippen LogP contribution in [0.2, 0.25) is 0 Å². The van der Waals surface area contributed by atoms with Crippen molar-refractivity contribution >= 4 is 35.8 Å². The van der Waals surface area contributed by atoms with Gasteiger partial charge in [0.15, 0.2) is 5.96 Å². The molecule has 1 fully saturated rings. The zero-order valence-electron chi connectivity index (χ0n) is 14.0. The molecule has 8 heteroatoms. The van der Waals surface area contributed by atoms with E-state index in [9.17, 15) is 4.79 Å². The van der Waals surface area contributed by atoms with Crippen LogP contribution in [0.5, 0.6) is 0 Å². The molecule has 1 saturated carbocycles. The van der Waals surface area contributed by atoms with Gasteiger partial charge in [-0.15, -0.1) is 24.0 Å². The summed E-state index contributed by atoms with van der Waals surface area (Å²) < 4.78 is 10.3. The standard InChI is InChI=1S/C16H26N4O3.HI/c1-22-12-10-20-16(18-7-6-14-3-2-11-23-14)19-9-8-17-15(21)13-4-5-13;/h2-3,11,13H,4-10,12H2,1H3,(H,17,21)(H2,18,19,20);1H. The van der Waals surface area contributed by atoms with Crippen LogP contribution in [-0.4, -0.2) is 51.8 Å². The maximum Gasteiger partial charge on any atom is 0.223 e. The van der Waals surface area contributed by atoms with E-state index in [0.717, 1.165) is 31.6 Å². The summed E-state index contributed by atoms with van der Waals surface area (Å²) in [6.45, 7) is 3.11. The lowest BCUT2D eigenvalue weighted by Gasteiger charge is -2.12. The fourth-order valence-electron chi connectivity index (χ4n) is 2.04. The first-order chi connectivity index (χ1) is 11.3. The Morgan fingerprint density at radius 3 is 2.71 bits per heavy atom. The molecule has 0 spiro atoms. The van der Waals surface area contributed by atoms with Crippen LogP contribution in [0, 0.1) is 5.92 Å². The molecule has 2 rings (SSSR count). The zero-order chi connectivity index (χ0) is 16.3. The molecule has 1 aromatic heterocycles. The topological polar surface area (TPSA) is 87.9 Å². The Balaban J connectivity index is 0.00000288. The second-order valence-electron chi connectivity index (χ2n) is 5.47. The highest BCUT2D eigenvalue weighted by molar-refractivity contribution is 14.0. The van der Waals surface area contributed by atoms with Crippen LogP contribution in [0.4, 0.5) is 0 Å². The number of nitrogens with zero attached hydrogens (tertiary/aromatic N) is 1. The van der Waals surface area contributed by atoms with E-state index >= 15 is 0 Å². The molecule has 24 heavy (non-hydrogen) atoms. The van der Waals surface area contributed by atoms with Crippen LogP contribution < -0.4 is 16.0 Å². The molecular weight excluding hydrogens is 423 g/mol. The number of halogens is 1. The molecule has 136 valence electrons. The maximum atomic E-state index is 11.6. The summed E-state index contributed by atoms with van der Waals surface area (Å²) in [4.78, 5) is 16.0. The average molecular weight is 450 g/mol. The van der Waals surface area contributed by atoms with Gasteiger partial charge in [0.05, 0.1) is 19.4 Å². The third-order valence-corrected chi connectivity index (χ3v) is 3.47. The molecule has 1 aromatic rings. The zero-order valence-corrected chi connectivity index (χ0v) is 16.4. The van der Waals surface area contributed by atoms with Crippen molar-refractivity contribution in [1.29, 1.82) is 0 Å². The Morgan fingerprint density at radius 1 is 1.29 bits per heavy atom. The van der Waals surface area contributed by atoms with E-state index in [1.54, 1.807) is 13.4 Å². The van der Waals surface area contributed by atoms with Crippen LogP contribution in [0.3, 0.4) is 0 Å². The van der Waals surface area contributed by atoms with Gasteiger partial charge in [-0.05, 0) is 25.0 Å². The van der Waals surface area contributed by atoms with E-state index in [1.165, 1.54) is 0 Å². The first kappa shape index (κ1) is 20.8. The third kappa shape index (κ3) is 8.53. The largest absolute Gasteiger partial charge is 0.469 e. The summed E-state index contributed by atoms with van der Waals surface area (Å²) in [5, 5.41) is 9.38. The van der Waals surface area contributed by atoms with Gasteiger partial charge in [-0.3, -0.25) is 9.79 Å². The van der Waals surface area contributed by atoms with Crippen LogP contribution in [0.25, 0.3) is 0 Å². The quantitative estimate of drug-likeness (QED) is 0.216.